The van der Waals surface area contributed by atoms with Crippen molar-refractivity contribution < 1.29 is 4.42 Å². The van der Waals surface area contributed by atoms with Crippen LogP contribution in [0.2, 0.25) is 0 Å². The Bertz CT molecular complexity index is 3010. The smallest absolute Gasteiger partial charge is 0.164 e. The Labute approximate surface area is 305 Å². The van der Waals surface area contributed by atoms with Crippen molar-refractivity contribution in [1.29, 1.82) is 0 Å². The SMILES string of the molecule is CC1(C)c2ccc3c4ccccc4n(-c4ccc(-c5nc(-c6ccccc6)nc(-c6ccccc6)n5)cc4)c3c2-c2ccc3c(oc4ccccc43)c21. The van der Waals surface area contributed by atoms with Crippen LogP contribution in [0, 0.1) is 0 Å². The highest BCUT2D eigenvalue weighted by atomic mass is 16.3. The van der Waals surface area contributed by atoms with Gasteiger partial charge in [0.2, 0.25) is 0 Å². The third-order valence-electron chi connectivity index (χ3n) is 11.0. The molecule has 3 aromatic heterocycles. The molecule has 0 N–H and O–H groups in total. The lowest BCUT2D eigenvalue weighted by Gasteiger charge is -2.21. The number of furan rings is 1. The zero-order chi connectivity index (χ0) is 35.3. The Morgan fingerprint density at radius 3 is 1.74 bits per heavy atom. The average Bonchev–Trinajstić information content (AvgIpc) is 3.84. The van der Waals surface area contributed by atoms with Crippen LogP contribution in [-0.4, -0.2) is 19.5 Å². The molecule has 11 rings (SSSR count). The van der Waals surface area contributed by atoms with Crippen molar-refractivity contribution in [2.45, 2.75) is 19.3 Å². The molecule has 0 amide bonds. The first-order valence-corrected chi connectivity index (χ1v) is 18.0. The number of benzene rings is 7. The van der Waals surface area contributed by atoms with E-state index in [2.05, 4.69) is 109 Å². The van der Waals surface area contributed by atoms with Crippen molar-refractivity contribution in [2.75, 3.05) is 0 Å². The number of nitrogens with zero attached hydrogens (tertiary/aromatic N) is 4. The molecule has 0 fully saturated rings. The van der Waals surface area contributed by atoms with Gasteiger partial charge in [0.1, 0.15) is 11.2 Å². The minimum Gasteiger partial charge on any atom is -0.456 e. The van der Waals surface area contributed by atoms with Crippen LogP contribution in [0.1, 0.15) is 25.0 Å². The van der Waals surface area contributed by atoms with Crippen LogP contribution in [-0.2, 0) is 5.41 Å². The van der Waals surface area contributed by atoms with Gasteiger partial charge in [-0.3, -0.25) is 0 Å². The van der Waals surface area contributed by atoms with Gasteiger partial charge in [-0.1, -0.05) is 129 Å². The van der Waals surface area contributed by atoms with E-state index in [1.807, 2.05) is 66.7 Å². The quantitative estimate of drug-likeness (QED) is 0.186. The number of fused-ring (bicyclic) bond motifs is 11. The number of para-hydroxylation sites is 2. The number of hydrogen-bond donors (Lipinski definition) is 0. The zero-order valence-corrected chi connectivity index (χ0v) is 29.2. The van der Waals surface area contributed by atoms with Crippen LogP contribution >= 0.6 is 0 Å². The molecule has 0 saturated heterocycles. The molecule has 250 valence electrons. The lowest BCUT2D eigenvalue weighted by Crippen LogP contribution is -2.15. The maximum Gasteiger partial charge on any atom is 0.164 e. The summed E-state index contributed by atoms with van der Waals surface area (Å²) in [4.78, 5) is 14.9. The predicted octanol–water partition coefficient (Wildman–Crippen LogP) is 12.2. The third-order valence-corrected chi connectivity index (χ3v) is 11.0. The molecule has 0 spiro atoms. The van der Waals surface area contributed by atoms with Crippen LogP contribution in [0.5, 0.6) is 0 Å². The van der Waals surface area contributed by atoms with E-state index in [4.69, 9.17) is 19.4 Å². The van der Waals surface area contributed by atoms with Gasteiger partial charge in [0.25, 0.3) is 0 Å². The summed E-state index contributed by atoms with van der Waals surface area (Å²) >= 11 is 0. The van der Waals surface area contributed by atoms with Crippen LogP contribution < -0.4 is 0 Å². The highest BCUT2D eigenvalue weighted by Gasteiger charge is 2.40. The maximum absolute atomic E-state index is 6.65. The van der Waals surface area contributed by atoms with Gasteiger partial charge in [-0.2, -0.15) is 0 Å². The molecule has 0 atom stereocenters. The number of hydrogen-bond acceptors (Lipinski definition) is 4. The summed E-state index contributed by atoms with van der Waals surface area (Å²) in [5.41, 5.74) is 13.0. The van der Waals surface area contributed by atoms with Gasteiger partial charge in [-0.25, -0.2) is 15.0 Å². The van der Waals surface area contributed by atoms with Gasteiger partial charge >= 0.3 is 0 Å². The largest absolute Gasteiger partial charge is 0.456 e. The minimum atomic E-state index is -0.261. The van der Waals surface area contributed by atoms with E-state index in [-0.39, 0.29) is 5.41 Å². The van der Waals surface area contributed by atoms with E-state index in [1.165, 1.54) is 38.5 Å². The van der Waals surface area contributed by atoms with Crippen LogP contribution in [0.4, 0.5) is 0 Å². The van der Waals surface area contributed by atoms with Crippen molar-refractivity contribution in [1.82, 2.24) is 19.5 Å². The number of rotatable bonds is 4. The zero-order valence-electron chi connectivity index (χ0n) is 29.2. The Morgan fingerprint density at radius 1 is 0.491 bits per heavy atom. The average molecular weight is 681 g/mol. The number of aromatic nitrogens is 4. The Hall–Kier alpha value is -6.85. The van der Waals surface area contributed by atoms with E-state index in [0.717, 1.165) is 49.8 Å². The second kappa shape index (κ2) is 11.1. The third kappa shape index (κ3) is 4.34. The molecule has 1 aliphatic carbocycles. The Kier molecular flexibility index (Phi) is 6.23. The minimum absolute atomic E-state index is 0.261. The summed E-state index contributed by atoms with van der Waals surface area (Å²) in [5.74, 6) is 1.94. The van der Waals surface area contributed by atoms with Crippen molar-refractivity contribution in [3.8, 4) is 51.0 Å². The molecule has 0 aliphatic heterocycles. The first-order valence-electron chi connectivity index (χ1n) is 18.0. The van der Waals surface area contributed by atoms with Gasteiger partial charge in [-0.15, -0.1) is 0 Å². The summed E-state index contributed by atoms with van der Waals surface area (Å²) in [6.45, 7) is 4.67. The van der Waals surface area contributed by atoms with E-state index in [0.29, 0.717) is 17.5 Å². The van der Waals surface area contributed by atoms with Crippen LogP contribution in [0.3, 0.4) is 0 Å². The molecule has 1 aliphatic rings. The monoisotopic (exact) mass is 680 g/mol. The molecule has 0 saturated carbocycles. The lowest BCUT2D eigenvalue weighted by atomic mass is 9.81. The molecule has 7 aromatic carbocycles. The second-order valence-electron chi connectivity index (χ2n) is 14.4. The predicted molar refractivity (Wildman–Crippen MR) is 215 cm³/mol. The van der Waals surface area contributed by atoms with E-state index in [1.54, 1.807) is 0 Å². The lowest BCUT2D eigenvalue weighted by molar-refractivity contribution is 0.620. The fourth-order valence-electron chi connectivity index (χ4n) is 8.57. The topological polar surface area (TPSA) is 56.7 Å². The standard InChI is InChI=1S/C48H32N4O/c1-48(2)38-28-27-35-33-17-9-11-19-39(33)52(43(35)41(38)37-26-25-36-34-18-10-12-20-40(34)53-44(36)42(37)48)32-23-21-31(22-24-32)47-50-45(29-13-5-3-6-14-29)49-46(51-47)30-15-7-4-8-16-30/h3-28H,1-2H3. The molecule has 53 heavy (non-hydrogen) atoms. The molecule has 0 unspecified atom stereocenters. The van der Waals surface area contributed by atoms with E-state index >= 15 is 0 Å². The van der Waals surface area contributed by atoms with Gasteiger partial charge in [-0.05, 0) is 53.6 Å². The van der Waals surface area contributed by atoms with Gasteiger partial charge in [0.05, 0.1) is 11.0 Å². The fraction of sp³-hybridized carbons (Fsp3) is 0.0625. The first-order chi connectivity index (χ1) is 26.0. The van der Waals surface area contributed by atoms with Crippen molar-refractivity contribution in [2.24, 2.45) is 0 Å². The highest BCUT2D eigenvalue weighted by molar-refractivity contribution is 6.17. The Balaban J connectivity index is 1.12. The normalized spacial score (nSPS) is 13.2. The van der Waals surface area contributed by atoms with Crippen molar-refractivity contribution in [3.05, 3.63) is 169 Å². The molecular formula is C48H32N4O. The van der Waals surface area contributed by atoms with Gasteiger partial charge in [0.15, 0.2) is 17.5 Å². The fourth-order valence-corrected chi connectivity index (χ4v) is 8.57. The van der Waals surface area contributed by atoms with Crippen LogP contribution in [0.15, 0.2) is 162 Å². The summed E-state index contributed by atoms with van der Waals surface area (Å²) in [7, 11) is 0. The molecule has 5 heteroatoms. The van der Waals surface area contributed by atoms with Crippen molar-refractivity contribution >= 4 is 43.7 Å². The highest BCUT2D eigenvalue weighted by Crippen LogP contribution is 2.55. The van der Waals surface area contributed by atoms with Gasteiger partial charge < -0.3 is 8.98 Å². The molecular weight excluding hydrogens is 649 g/mol. The molecule has 5 nitrogen and oxygen atoms in total. The van der Waals surface area contributed by atoms with Gasteiger partial charge in [0, 0.05) is 60.5 Å². The van der Waals surface area contributed by atoms with Crippen LogP contribution in [0.25, 0.3) is 94.7 Å². The molecule has 0 bridgehead atoms. The second-order valence-corrected chi connectivity index (χ2v) is 14.4. The summed E-state index contributed by atoms with van der Waals surface area (Å²) in [6, 6.07) is 55.1. The molecule has 0 radical (unpaired) electrons. The molecule has 3 heterocycles. The van der Waals surface area contributed by atoms with E-state index < -0.39 is 0 Å². The maximum atomic E-state index is 6.65. The van der Waals surface area contributed by atoms with E-state index in [9.17, 15) is 0 Å². The van der Waals surface area contributed by atoms with Crippen molar-refractivity contribution in [3.63, 3.8) is 0 Å². The summed E-state index contributed by atoms with van der Waals surface area (Å²) < 4.78 is 9.08. The molecule has 10 aromatic rings. The first kappa shape index (κ1) is 29.8. The summed E-state index contributed by atoms with van der Waals surface area (Å²) in [6.07, 6.45) is 0. The summed E-state index contributed by atoms with van der Waals surface area (Å²) in [5, 5.41) is 4.77. The Morgan fingerprint density at radius 2 is 1.06 bits per heavy atom.